The molecule has 0 radical (unpaired) electrons. The summed E-state index contributed by atoms with van der Waals surface area (Å²) in [5.74, 6) is -1.45. The Labute approximate surface area is 225 Å². The lowest BCUT2D eigenvalue weighted by Crippen LogP contribution is -2.28. The molecule has 14 heteroatoms. The number of carbonyl (C=O) groups is 1. The molecule has 2 N–H and O–H groups in total. The number of alkyl halides is 3. The monoisotopic (exact) mass is 559 g/mol. The number of anilines is 3. The summed E-state index contributed by atoms with van der Waals surface area (Å²) in [6.45, 7) is 3.04. The molecule has 0 saturated heterocycles. The normalized spacial score (nSPS) is 14.2. The molecule has 10 nitrogen and oxygen atoms in total. The van der Waals surface area contributed by atoms with Gasteiger partial charge in [-0.25, -0.2) is 14.4 Å². The minimum Gasteiger partial charge on any atom is -0.383 e. The first-order chi connectivity index (χ1) is 19.1. The maximum atomic E-state index is 14.8. The van der Waals surface area contributed by atoms with Gasteiger partial charge in [-0.15, -0.1) is 0 Å². The van der Waals surface area contributed by atoms with Gasteiger partial charge in [0.05, 0.1) is 37.2 Å². The highest BCUT2D eigenvalue weighted by Crippen LogP contribution is 2.59. The first kappa shape index (κ1) is 27.2. The Morgan fingerprint density at radius 3 is 2.55 bits per heavy atom. The molecule has 1 aromatic carbocycles. The highest BCUT2D eigenvalue weighted by atomic mass is 19.4. The van der Waals surface area contributed by atoms with Crippen LogP contribution in [0.2, 0.25) is 0 Å². The first-order valence-corrected chi connectivity index (χ1v) is 12.3. The average molecular weight is 560 g/mol. The molecule has 1 fully saturated rings. The Balaban J connectivity index is 1.20. The molecule has 1 amide bonds. The van der Waals surface area contributed by atoms with Crippen molar-refractivity contribution in [3.63, 3.8) is 0 Å². The van der Waals surface area contributed by atoms with Gasteiger partial charge in [-0.2, -0.15) is 18.3 Å². The molecular formula is C26H25F4N7O3. The smallest absolute Gasteiger partial charge is 0.383 e. The summed E-state index contributed by atoms with van der Waals surface area (Å²) < 4.78 is 66.3. The summed E-state index contributed by atoms with van der Waals surface area (Å²) in [6, 6.07) is 5.39. The number of hydrogen-bond acceptors (Lipinski definition) is 8. The van der Waals surface area contributed by atoms with Gasteiger partial charge in [0.1, 0.15) is 11.2 Å². The number of nitrogens with zero attached hydrogens (tertiary/aromatic N) is 5. The first-order valence-electron chi connectivity index (χ1n) is 12.3. The maximum absolute atomic E-state index is 14.8. The molecule has 0 atom stereocenters. The Kier molecular flexibility index (Phi) is 7.27. The molecule has 0 bridgehead atoms. The third kappa shape index (κ3) is 5.52. The number of hydrogen-bond donors (Lipinski definition) is 2. The predicted octanol–water partition coefficient (Wildman–Crippen LogP) is 4.94. The van der Waals surface area contributed by atoms with Crippen molar-refractivity contribution >= 4 is 23.4 Å². The molecular weight excluding hydrogens is 534 g/mol. The second-order valence-corrected chi connectivity index (χ2v) is 9.47. The van der Waals surface area contributed by atoms with Crippen LogP contribution < -0.4 is 10.6 Å². The van der Waals surface area contributed by atoms with Crippen molar-refractivity contribution in [2.24, 2.45) is 0 Å². The third-order valence-electron chi connectivity index (χ3n) is 6.79. The van der Waals surface area contributed by atoms with Crippen LogP contribution in [0.5, 0.6) is 0 Å². The number of amides is 1. The third-order valence-corrected chi connectivity index (χ3v) is 6.79. The van der Waals surface area contributed by atoms with E-state index in [9.17, 15) is 22.4 Å². The van der Waals surface area contributed by atoms with E-state index in [4.69, 9.17) is 9.26 Å². The van der Waals surface area contributed by atoms with Gasteiger partial charge in [-0.3, -0.25) is 9.48 Å². The number of aromatic nitrogens is 5. The molecule has 0 spiro atoms. The van der Waals surface area contributed by atoms with E-state index in [2.05, 4.69) is 30.9 Å². The van der Waals surface area contributed by atoms with Gasteiger partial charge in [0.2, 0.25) is 11.9 Å². The zero-order valence-corrected chi connectivity index (χ0v) is 21.5. The quantitative estimate of drug-likeness (QED) is 0.262. The number of benzene rings is 1. The molecule has 4 aromatic rings. The van der Waals surface area contributed by atoms with E-state index in [0.717, 1.165) is 17.4 Å². The number of nitrogens with one attached hydrogen (secondary N) is 2. The fourth-order valence-corrected chi connectivity index (χ4v) is 4.22. The SMILES string of the molecule is COCCn1ncc(Nc2ncc(-c3ccc(CC(=O)Nc4cc(C5(C(F)(F)F)CC5)on4)c(F)c3)cn2)c1C. The molecule has 1 aliphatic rings. The van der Waals surface area contributed by atoms with Crippen molar-refractivity contribution in [1.82, 2.24) is 24.9 Å². The second kappa shape index (κ2) is 10.7. The highest BCUT2D eigenvalue weighted by molar-refractivity contribution is 5.91. The van der Waals surface area contributed by atoms with Gasteiger partial charge in [-0.05, 0) is 37.0 Å². The van der Waals surface area contributed by atoms with E-state index < -0.39 is 23.3 Å². The Morgan fingerprint density at radius 2 is 1.90 bits per heavy atom. The van der Waals surface area contributed by atoms with Gasteiger partial charge in [0.15, 0.2) is 11.6 Å². The fourth-order valence-electron chi connectivity index (χ4n) is 4.22. The van der Waals surface area contributed by atoms with Crippen molar-refractivity contribution in [2.45, 2.75) is 44.3 Å². The van der Waals surface area contributed by atoms with Crippen LogP contribution in [0.3, 0.4) is 0 Å². The summed E-state index contributed by atoms with van der Waals surface area (Å²) in [5, 5.41) is 13.3. The van der Waals surface area contributed by atoms with Crippen LogP contribution >= 0.6 is 0 Å². The zero-order valence-electron chi connectivity index (χ0n) is 21.5. The van der Waals surface area contributed by atoms with E-state index in [1.54, 1.807) is 24.1 Å². The van der Waals surface area contributed by atoms with Crippen molar-refractivity contribution in [3.8, 4) is 11.1 Å². The maximum Gasteiger partial charge on any atom is 0.401 e. The van der Waals surface area contributed by atoms with Gasteiger partial charge in [-0.1, -0.05) is 17.3 Å². The summed E-state index contributed by atoms with van der Waals surface area (Å²) in [7, 11) is 1.62. The van der Waals surface area contributed by atoms with Crippen LogP contribution in [0.15, 0.2) is 47.4 Å². The molecule has 0 aliphatic heterocycles. The average Bonchev–Trinajstić information content (AvgIpc) is 3.51. The van der Waals surface area contributed by atoms with Crippen LogP contribution in [0, 0.1) is 12.7 Å². The van der Waals surface area contributed by atoms with Crippen molar-refractivity contribution in [1.29, 1.82) is 0 Å². The van der Waals surface area contributed by atoms with Gasteiger partial charge < -0.3 is 19.9 Å². The van der Waals surface area contributed by atoms with E-state index in [1.165, 1.54) is 24.5 Å². The molecule has 3 heterocycles. The second-order valence-electron chi connectivity index (χ2n) is 9.47. The predicted molar refractivity (Wildman–Crippen MR) is 135 cm³/mol. The van der Waals surface area contributed by atoms with E-state index in [0.29, 0.717) is 30.2 Å². The number of halogens is 4. The van der Waals surface area contributed by atoms with Crippen LogP contribution in [0.25, 0.3) is 11.1 Å². The zero-order chi connectivity index (χ0) is 28.5. The molecule has 210 valence electrons. The summed E-state index contributed by atoms with van der Waals surface area (Å²) in [4.78, 5) is 21.0. The molecule has 5 rings (SSSR count). The summed E-state index contributed by atoms with van der Waals surface area (Å²) in [5.41, 5.74) is 0.741. The summed E-state index contributed by atoms with van der Waals surface area (Å²) in [6.07, 6.45) is -0.263. The molecule has 0 unspecified atom stereocenters. The highest BCUT2D eigenvalue weighted by Gasteiger charge is 2.66. The Morgan fingerprint density at radius 1 is 1.15 bits per heavy atom. The number of ether oxygens (including phenoxy) is 1. The van der Waals surface area contributed by atoms with Crippen molar-refractivity contribution in [3.05, 3.63) is 65.7 Å². The lowest BCUT2D eigenvalue weighted by Gasteiger charge is -2.14. The molecule has 1 aliphatic carbocycles. The standard InChI is InChI=1S/C26H25F4N7O3/c1-15-20(14-33-37(15)7-8-39-2)34-24-31-12-18(13-32-24)16-3-4-17(19(27)9-16)10-23(38)35-22-11-21(40-36-22)25(5-6-25)26(28,29)30/h3-4,9,11-14H,5-8,10H2,1-2H3,(H,31,32,34)(H,35,36,38). The van der Waals surface area contributed by atoms with Crippen LogP contribution in [-0.2, 0) is 27.9 Å². The fraction of sp³-hybridized carbons (Fsp3) is 0.346. The van der Waals surface area contributed by atoms with Crippen LogP contribution in [0.4, 0.5) is 35.0 Å². The molecule has 3 aromatic heterocycles. The minimum atomic E-state index is -4.46. The number of methoxy groups -OCH3 is 1. The Bertz CT molecular complexity index is 1510. The van der Waals surface area contributed by atoms with E-state index in [1.807, 2.05) is 6.92 Å². The topological polar surface area (TPSA) is 120 Å². The Hall–Kier alpha value is -4.33. The number of rotatable bonds is 10. The van der Waals surface area contributed by atoms with Crippen LogP contribution in [0.1, 0.15) is 29.9 Å². The molecule has 40 heavy (non-hydrogen) atoms. The van der Waals surface area contributed by atoms with Gasteiger partial charge in [0, 0.05) is 31.1 Å². The van der Waals surface area contributed by atoms with E-state index in [-0.39, 0.29) is 36.4 Å². The van der Waals surface area contributed by atoms with Crippen LogP contribution in [-0.4, -0.2) is 50.7 Å². The van der Waals surface area contributed by atoms with Gasteiger partial charge >= 0.3 is 6.18 Å². The van der Waals surface area contributed by atoms with E-state index >= 15 is 0 Å². The largest absolute Gasteiger partial charge is 0.401 e. The van der Waals surface area contributed by atoms with Crippen molar-refractivity contribution < 1.29 is 31.6 Å². The lowest BCUT2D eigenvalue weighted by molar-refractivity contribution is -0.165. The van der Waals surface area contributed by atoms with Crippen molar-refractivity contribution in [2.75, 3.05) is 24.4 Å². The number of carbonyl (C=O) groups excluding carboxylic acids is 1. The van der Waals surface area contributed by atoms with Gasteiger partial charge in [0.25, 0.3) is 0 Å². The molecule has 1 saturated carbocycles. The summed E-state index contributed by atoms with van der Waals surface area (Å²) >= 11 is 0. The minimum absolute atomic E-state index is 0.0957. The lowest BCUT2D eigenvalue weighted by atomic mass is 10.0.